The third-order valence-corrected chi connectivity index (χ3v) is 2.88. The molecule has 12 heavy (non-hydrogen) atoms. The molecule has 1 aromatic rings. The number of thiazole rings is 1. The van der Waals surface area contributed by atoms with E-state index in [9.17, 15) is 0 Å². The Kier molecular flexibility index (Phi) is 2.54. The lowest BCUT2D eigenvalue weighted by Crippen LogP contribution is -2.26. The van der Waals surface area contributed by atoms with Gasteiger partial charge in [0.1, 0.15) is 5.01 Å². The van der Waals surface area contributed by atoms with Gasteiger partial charge >= 0.3 is 0 Å². The number of hydrogen-bond acceptors (Lipinski definition) is 3. The van der Waals surface area contributed by atoms with Crippen LogP contribution in [0, 0.1) is 12.3 Å². The van der Waals surface area contributed by atoms with Crippen LogP contribution in [0.3, 0.4) is 0 Å². The minimum Gasteiger partial charge on any atom is -0.322 e. The van der Waals surface area contributed by atoms with E-state index in [0.717, 1.165) is 10.7 Å². The predicted molar refractivity (Wildman–Crippen MR) is 53.2 cm³/mol. The van der Waals surface area contributed by atoms with E-state index >= 15 is 0 Å². The molecule has 0 saturated heterocycles. The molecule has 68 valence electrons. The maximum atomic E-state index is 6.03. The van der Waals surface area contributed by atoms with Gasteiger partial charge < -0.3 is 5.73 Å². The summed E-state index contributed by atoms with van der Waals surface area (Å²) in [5, 5.41) is 3.08. The second-order valence-electron chi connectivity index (χ2n) is 4.17. The van der Waals surface area contributed by atoms with Gasteiger partial charge in [-0.3, -0.25) is 0 Å². The van der Waals surface area contributed by atoms with Gasteiger partial charge in [-0.25, -0.2) is 4.98 Å². The smallest absolute Gasteiger partial charge is 0.110 e. The number of hydrogen-bond donors (Lipinski definition) is 1. The van der Waals surface area contributed by atoms with E-state index in [1.165, 1.54) is 0 Å². The van der Waals surface area contributed by atoms with Crippen LogP contribution in [0.5, 0.6) is 0 Å². The van der Waals surface area contributed by atoms with Gasteiger partial charge in [0, 0.05) is 11.1 Å². The lowest BCUT2D eigenvalue weighted by Gasteiger charge is -2.24. The molecular weight excluding hydrogens is 168 g/mol. The molecule has 0 aliphatic heterocycles. The van der Waals surface area contributed by atoms with Crippen LogP contribution in [-0.2, 0) is 0 Å². The van der Waals surface area contributed by atoms with Crippen LogP contribution in [0.15, 0.2) is 5.38 Å². The van der Waals surface area contributed by atoms with E-state index < -0.39 is 0 Å². The topological polar surface area (TPSA) is 38.9 Å². The summed E-state index contributed by atoms with van der Waals surface area (Å²) in [6, 6.07) is 0.0520. The quantitative estimate of drug-likeness (QED) is 0.728. The van der Waals surface area contributed by atoms with Crippen molar-refractivity contribution < 1.29 is 0 Å². The maximum Gasteiger partial charge on any atom is 0.110 e. The second-order valence-corrected chi connectivity index (χ2v) is 5.06. The molecule has 0 aromatic carbocycles. The molecule has 0 aliphatic rings. The fourth-order valence-electron chi connectivity index (χ4n) is 0.885. The zero-order chi connectivity index (χ0) is 9.35. The highest BCUT2D eigenvalue weighted by atomic mass is 32.1. The average molecular weight is 184 g/mol. The number of nitrogens with two attached hydrogens (primary N) is 1. The first-order valence-corrected chi connectivity index (χ1v) is 4.97. The Hall–Kier alpha value is -0.410. The maximum absolute atomic E-state index is 6.03. The zero-order valence-electron chi connectivity index (χ0n) is 8.09. The molecule has 0 bridgehead atoms. The largest absolute Gasteiger partial charge is 0.322 e. The molecule has 1 unspecified atom stereocenters. The fraction of sp³-hybridized carbons (Fsp3) is 0.667. The van der Waals surface area contributed by atoms with Crippen LogP contribution in [0.25, 0.3) is 0 Å². The molecule has 0 saturated carbocycles. The van der Waals surface area contributed by atoms with Crippen LogP contribution in [-0.4, -0.2) is 4.98 Å². The van der Waals surface area contributed by atoms with Crippen molar-refractivity contribution in [3.8, 4) is 0 Å². The number of nitrogens with zero attached hydrogens (tertiary/aromatic N) is 1. The molecule has 0 radical (unpaired) electrons. The molecule has 1 aromatic heterocycles. The fourth-order valence-corrected chi connectivity index (χ4v) is 1.93. The van der Waals surface area contributed by atoms with Crippen molar-refractivity contribution >= 4 is 11.3 Å². The molecule has 2 N–H and O–H groups in total. The van der Waals surface area contributed by atoms with Gasteiger partial charge in [0.2, 0.25) is 0 Å². The van der Waals surface area contributed by atoms with E-state index in [1.54, 1.807) is 11.3 Å². The molecule has 0 spiro atoms. The van der Waals surface area contributed by atoms with Gasteiger partial charge in [-0.15, -0.1) is 11.3 Å². The van der Waals surface area contributed by atoms with Gasteiger partial charge in [0.15, 0.2) is 0 Å². The van der Waals surface area contributed by atoms with Crippen LogP contribution < -0.4 is 5.73 Å². The Morgan fingerprint density at radius 2 is 2.08 bits per heavy atom. The summed E-state index contributed by atoms with van der Waals surface area (Å²) in [7, 11) is 0. The highest BCUT2D eigenvalue weighted by molar-refractivity contribution is 7.09. The molecule has 0 amide bonds. The van der Waals surface area contributed by atoms with Crippen molar-refractivity contribution in [2.75, 3.05) is 0 Å². The van der Waals surface area contributed by atoms with Crippen molar-refractivity contribution in [1.82, 2.24) is 4.98 Å². The summed E-state index contributed by atoms with van der Waals surface area (Å²) >= 11 is 1.65. The van der Waals surface area contributed by atoms with Crippen molar-refractivity contribution in [3.05, 3.63) is 16.1 Å². The number of aryl methyl sites for hydroxylation is 1. The minimum atomic E-state index is 0.0520. The Morgan fingerprint density at radius 3 is 2.42 bits per heavy atom. The third-order valence-electron chi connectivity index (χ3n) is 1.84. The first-order chi connectivity index (χ1) is 5.41. The predicted octanol–water partition coefficient (Wildman–Crippen LogP) is 2.50. The van der Waals surface area contributed by atoms with E-state index in [-0.39, 0.29) is 11.5 Å². The summed E-state index contributed by atoms with van der Waals surface area (Å²) in [6.45, 7) is 8.40. The van der Waals surface area contributed by atoms with E-state index in [4.69, 9.17) is 5.73 Å². The number of rotatable bonds is 1. The summed E-state index contributed by atoms with van der Waals surface area (Å²) in [5.41, 5.74) is 7.20. The van der Waals surface area contributed by atoms with Crippen LogP contribution >= 0.6 is 11.3 Å². The SMILES string of the molecule is Cc1csc(C(N)C(C)(C)C)n1. The molecule has 1 atom stereocenters. The molecular formula is C9H16N2S. The Morgan fingerprint density at radius 1 is 1.50 bits per heavy atom. The molecule has 0 aliphatic carbocycles. The number of aromatic nitrogens is 1. The molecule has 1 heterocycles. The average Bonchev–Trinajstić information content (AvgIpc) is 2.32. The lowest BCUT2D eigenvalue weighted by molar-refractivity contribution is 0.326. The van der Waals surface area contributed by atoms with Gasteiger partial charge in [-0.1, -0.05) is 20.8 Å². The summed E-state index contributed by atoms with van der Waals surface area (Å²) in [4.78, 5) is 4.37. The van der Waals surface area contributed by atoms with E-state index in [2.05, 4.69) is 25.8 Å². The first-order valence-electron chi connectivity index (χ1n) is 4.09. The van der Waals surface area contributed by atoms with E-state index in [1.807, 2.05) is 12.3 Å². The van der Waals surface area contributed by atoms with Crippen molar-refractivity contribution in [2.24, 2.45) is 11.1 Å². The second kappa shape index (κ2) is 3.15. The Balaban J connectivity index is 2.85. The van der Waals surface area contributed by atoms with Gasteiger partial charge in [-0.05, 0) is 12.3 Å². The van der Waals surface area contributed by atoms with Gasteiger partial charge in [-0.2, -0.15) is 0 Å². The lowest BCUT2D eigenvalue weighted by atomic mass is 9.88. The van der Waals surface area contributed by atoms with Crippen molar-refractivity contribution in [2.45, 2.75) is 33.7 Å². The minimum absolute atomic E-state index is 0.0520. The normalized spacial score (nSPS) is 14.8. The Labute approximate surface area is 77.8 Å². The molecule has 0 fully saturated rings. The van der Waals surface area contributed by atoms with E-state index in [0.29, 0.717) is 0 Å². The summed E-state index contributed by atoms with van der Waals surface area (Å²) < 4.78 is 0. The molecule has 1 rings (SSSR count). The van der Waals surface area contributed by atoms with Crippen LogP contribution in [0.2, 0.25) is 0 Å². The highest BCUT2D eigenvalue weighted by Gasteiger charge is 2.24. The highest BCUT2D eigenvalue weighted by Crippen LogP contribution is 2.31. The first kappa shape index (κ1) is 9.68. The summed E-state index contributed by atoms with van der Waals surface area (Å²) in [6.07, 6.45) is 0. The van der Waals surface area contributed by atoms with Gasteiger partial charge in [0.25, 0.3) is 0 Å². The Bertz CT molecular complexity index is 260. The van der Waals surface area contributed by atoms with Crippen molar-refractivity contribution in [1.29, 1.82) is 0 Å². The molecule has 2 nitrogen and oxygen atoms in total. The summed E-state index contributed by atoms with van der Waals surface area (Å²) in [5.74, 6) is 0. The zero-order valence-corrected chi connectivity index (χ0v) is 8.90. The van der Waals surface area contributed by atoms with Crippen molar-refractivity contribution in [3.63, 3.8) is 0 Å². The monoisotopic (exact) mass is 184 g/mol. The third kappa shape index (κ3) is 2.05. The molecule has 3 heteroatoms. The standard InChI is InChI=1S/C9H16N2S/c1-6-5-12-8(11-6)7(10)9(2,3)4/h5,7H,10H2,1-4H3. The van der Waals surface area contributed by atoms with Crippen LogP contribution in [0.4, 0.5) is 0 Å². The van der Waals surface area contributed by atoms with Gasteiger partial charge in [0.05, 0.1) is 6.04 Å². The van der Waals surface area contributed by atoms with Crippen LogP contribution in [0.1, 0.15) is 37.5 Å².